The molecule has 2 aliphatic heterocycles. The summed E-state index contributed by atoms with van der Waals surface area (Å²) in [5.74, 6) is 1.02. The number of pyridine rings is 2. The minimum absolute atomic E-state index is 0.570. The molecule has 6 rings (SSSR count). The molecule has 4 aromatic rings. The van der Waals surface area contributed by atoms with Gasteiger partial charge in [-0.15, -0.1) is 0 Å². The maximum Gasteiger partial charge on any atom is 0.137 e. The second kappa shape index (κ2) is 6.53. The van der Waals surface area contributed by atoms with Crippen LogP contribution in [0.4, 0.5) is 0 Å². The van der Waals surface area contributed by atoms with Crippen molar-refractivity contribution >= 4 is 10.9 Å². The summed E-state index contributed by atoms with van der Waals surface area (Å²) in [6.45, 7) is 4.59. The van der Waals surface area contributed by atoms with E-state index >= 15 is 0 Å². The number of hydrogen-bond donors (Lipinski definition) is 0. The van der Waals surface area contributed by atoms with Gasteiger partial charge in [0, 0.05) is 54.2 Å². The van der Waals surface area contributed by atoms with Gasteiger partial charge >= 0.3 is 0 Å². The number of aryl methyl sites for hydroxylation is 1. The number of benzene rings is 1. The van der Waals surface area contributed by atoms with Gasteiger partial charge in [0.25, 0.3) is 0 Å². The zero-order valence-electron chi connectivity index (χ0n) is 16.7. The monoisotopic (exact) mass is 380 g/mol. The van der Waals surface area contributed by atoms with E-state index in [1.165, 1.54) is 41.5 Å². The van der Waals surface area contributed by atoms with Gasteiger partial charge in [-0.05, 0) is 73.8 Å². The van der Waals surface area contributed by atoms with Gasteiger partial charge in [0.15, 0.2) is 0 Å². The van der Waals surface area contributed by atoms with Crippen molar-refractivity contribution in [2.45, 2.75) is 32.2 Å². The van der Waals surface area contributed by atoms with Crippen LogP contribution < -0.4 is 0 Å². The molecule has 1 fully saturated rings. The summed E-state index contributed by atoms with van der Waals surface area (Å²) >= 11 is 0. The molecule has 1 atom stereocenters. The van der Waals surface area contributed by atoms with E-state index in [1.807, 2.05) is 30.7 Å². The lowest BCUT2D eigenvalue weighted by atomic mass is 9.95. The van der Waals surface area contributed by atoms with E-state index in [9.17, 15) is 0 Å². The molecule has 29 heavy (non-hydrogen) atoms. The fraction of sp³-hybridized carbons (Fsp3) is 0.280. The first-order valence-electron chi connectivity index (χ1n) is 10.5. The molecule has 0 bridgehead atoms. The molecule has 1 unspecified atom stereocenters. The highest BCUT2D eigenvalue weighted by molar-refractivity contribution is 5.88. The first-order valence-corrected chi connectivity index (χ1v) is 10.5. The third kappa shape index (κ3) is 2.63. The molecule has 0 saturated carbocycles. The van der Waals surface area contributed by atoms with Crippen molar-refractivity contribution < 1.29 is 0 Å². The van der Waals surface area contributed by atoms with E-state index in [0.717, 1.165) is 29.9 Å². The highest BCUT2D eigenvalue weighted by Crippen LogP contribution is 2.44. The molecule has 2 aliphatic rings. The Kier molecular flexibility index (Phi) is 3.81. The number of rotatable bonds is 2. The van der Waals surface area contributed by atoms with Gasteiger partial charge in [-0.3, -0.25) is 14.5 Å². The Balaban J connectivity index is 1.53. The number of nitrogens with zero attached hydrogens (tertiary/aromatic N) is 4. The molecule has 0 spiro atoms. The van der Waals surface area contributed by atoms with Crippen LogP contribution in [0.25, 0.3) is 27.8 Å². The third-order valence-electron chi connectivity index (χ3n) is 6.59. The van der Waals surface area contributed by atoms with Crippen LogP contribution in [0.15, 0.2) is 61.1 Å². The molecular weight excluding hydrogens is 356 g/mol. The molecule has 0 amide bonds. The maximum atomic E-state index is 4.89. The average Bonchev–Trinajstić information content (AvgIpc) is 3.36. The van der Waals surface area contributed by atoms with Gasteiger partial charge in [-0.25, -0.2) is 4.98 Å². The molecule has 0 aliphatic carbocycles. The van der Waals surface area contributed by atoms with Crippen LogP contribution in [0.3, 0.4) is 0 Å². The van der Waals surface area contributed by atoms with Crippen molar-refractivity contribution in [3.05, 3.63) is 77.9 Å². The summed E-state index contributed by atoms with van der Waals surface area (Å²) in [4.78, 5) is 11.7. The summed E-state index contributed by atoms with van der Waals surface area (Å²) in [5, 5.41) is 1.41. The zero-order valence-corrected chi connectivity index (χ0v) is 16.7. The van der Waals surface area contributed by atoms with Crippen molar-refractivity contribution in [1.29, 1.82) is 0 Å². The number of fused-ring (bicyclic) bond motifs is 5. The predicted octanol–water partition coefficient (Wildman–Crippen LogP) is 5.09. The van der Waals surface area contributed by atoms with E-state index in [0.29, 0.717) is 6.04 Å². The van der Waals surface area contributed by atoms with E-state index in [4.69, 9.17) is 4.98 Å². The van der Waals surface area contributed by atoms with Crippen LogP contribution >= 0.6 is 0 Å². The van der Waals surface area contributed by atoms with Gasteiger partial charge in [0.2, 0.25) is 0 Å². The van der Waals surface area contributed by atoms with Gasteiger partial charge in [0.1, 0.15) is 5.82 Å². The molecule has 0 N–H and O–H groups in total. The average molecular weight is 380 g/mol. The lowest BCUT2D eigenvalue weighted by molar-refractivity contribution is 0.243. The highest BCUT2D eigenvalue weighted by atomic mass is 15.2. The number of hydrogen-bond acceptors (Lipinski definition) is 3. The normalized spacial score (nSPS) is 18.7. The summed E-state index contributed by atoms with van der Waals surface area (Å²) in [5.41, 5.74) is 7.90. The van der Waals surface area contributed by atoms with Crippen LogP contribution in [-0.2, 0) is 6.42 Å². The second-order valence-electron chi connectivity index (χ2n) is 8.30. The maximum absolute atomic E-state index is 4.89. The molecule has 0 radical (unpaired) electrons. The molecule has 5 heterocycles. The minimum Gasteiger partial charge on any atom is -0.298 e. The predicted molar refractivity (Wildman–Crippen MR) is 116 cm³/mol. The number of aromatic nitrogens is 3. The summed E-state index contributed by atoms with van der Waals surface area (Å²) in [7, 11) is 0. The Morgan fingerprint density at radius 3 is 2.69 bits per heavy atom. The molecular formula is C25H24N4. The Morgan fingerprint density at radius 2 is 1.86 bits per heavy atom. The Labute approximate surface area is 170 Å². The largest absolute Gasteiger partial charge is 0.298 e. The van der Waals surface area contributed by atoms with Crippen molar-refractivity contribution in [1.82, 2.24) is 19.4 Å². The SMILES string of the molecule is Cc1ccc2c(c1)c1c(n2-c2ccc(-c3ccncc3)cn2)CCN2CCCC12. The van der Waals surface area contributed by atoms with Gasteiger partial charge in [-0.1, -0.05) is 11.6 Å². The highest BCUT2D eigenvalue weighted by Gasteiger charge is 2.35. The second-order valence-corrected chi connectivity index (χ2v) is 8.30. The Bertz CT molecular complexity index is 1190. The molecule has 1 aromatic carbocycles. The minimum atomic E-state index is 0.570. The smallest absolute Gasteiger partial charge is 0.137 e. The summed E-state index contributed by atoms with van der Waals surface area (Å²) < 4.78 is 2.41. The first kappa shape index (κ1) is 16.9. The molecule has 3 aromatic heterocycles. The van der Waals surface area contributed by atoms with Crippen LogP contribution in [-0.4, -0.2) is 32.5 Å². The lowest BCUT2D eigenvalue weighted by Gasteiger charge is -2.30. The van der Waals surface area contributed by atoms with E-state index in [-0.39, 0.29) is 0 Å². The molecule has 144 valence electrons. The van der Waals surface area contributed by atoms with Crippen molar-refractivity contribution in [3.8, 4) is 16.9 Å². The quantitative estimate of drug-likeness (QED) is 0.486. The first-order chi connectivity index (χ1) is 14.3. The zero-order chi connectivity index (χ0) is 19.4. The fourth-order valence-corrected chi connectivity index (χ4v) is 5.27. The van der Waals surface area contributed by atoms with E-state index < -0.39 is 0 Å². The summed E-state index contributed by atoms with van der Waals surface area (Å²) in [6.07, 6.45) is 9.31. The van der Waals surface area contributed by atoms with Gasteiger partial charge < -0.3 is 0 Å². The Hall–Kier alpha value is -2.98. The van der Waals surface area contributed by atoms with Crippen LogP contribution in [0, 0.1) is 6.92 Å². The van der Waals surface area contributed by atoms with Crippen molar-refractivity contribution in [3.63, 3.8) is 0 Å². The van der Waals surface area contributed by atoms with Crippen LogP contribution in [0.5, 0.6) is 0 Å². The molecule has 4 heteroatoms. The molecule has 4 nitrogen and oxygen atoms in total. The third-order valence-corrected chi connectivity index (χ3v) is 6.59. The lowest BCUT2D eigenvalue weighted by Crippen LogP contribution is -2.31. The fourth-order valence-electron chi connectivity index (χ4n) is 5.27. The van der Waals surface area contributed by atoms with E-state index in [1.54, 1.807) is 5.56 Å². The summed E-state index contributed by atoms with van der Waals surface area (Å²) in [6, 6.07) is 15.8. The van der Waals surface area contributed by atoms with Gasteiger partial charge in [-0.2, -0.15) is 0 Å². The Morgan fingerprint density at radius 1 is 0.966 bits per heavy atom. The van der Waals surface area contributed by atoms with E-state index in [2.05, 4.69) is 51.7 Å². The van der Waals surface area contributed by atoms with Crippen LogP contribution in [0.2, 0.25) is 0 Å². The standard InChI is InChI=1S/C25H24N4/c1-17-4-6-21-20(15-17)25-22-3-2-13-28(22)14-10-23(25)29(21)24-7-5-19(16-27-24)18-8-11-26-12-9-18/h4-9,11-12,15-16,22H,2-3,10,13-14H2,1H3. The van der Waals surface area contributed by atoms with Gasteiger partial charge in [0.05, 0.1) is 5.52 Å². The van der Waals surface area contributed by atoms with Crippen molar-refractivity contribution in [2.24, 2.45) is 0 Å². The molecule has 1 saturated heterocycles. The topological polar surface area (TPSA) is 34.0 Å². The van der Waals surface area contributed by atoms with Crippen molar-refractivity contribution in [2.75, 3.05) is 13.1 Å². The van der Waals surface area contributed by atoms with Crippen LogP contribution in [0.1, 0.15) is 35.7 Å².